The normalized spacial score (nSPS) is 11.2. The highest BCUT2D eigenvalue weighted by Crippen LogP contribution is 2.28. The van der Waals surface area contributed by atoms with E-state index < -0.39 is 10.0 Å². The van der Waals surface area contributed by atoms with Gasteiger partial charge >= 0.3 is 0 Å². The van der Waals surface area contributed by atoms with Crippen molar-refractivity contribution in [2.24, 2.45) is 0 Å². The van der Waals surface area contributed by atoms with E-state index in [1.165, 1.54) is 24.3 Å². The van der Waals surface area contributed by atoms with E-state index in [0.717, 1.165) is 3.57 Å². The van der Waals surface area contributed by atoms with Gasteiger partial charge in [-0.2, -0.15) is 0 Å². The van der Waals surface area contributed by atoms with Crippen molar-refractivity contribution in [2.75, 3.05) is 5.73 Å². The second kappa shape index (κ2) is 5.15. The van der Waals surface area contributed by atoms with E-state index in [0.29, 0.717) is 11.4 Å². The zero-order valence-electron chi connectivity index (χ0n) is 9.25. The maximum atomic E-state index is 12.0. The van der Waals surface area contributed by atoms with Crippen molar-refractivity contribution in [2.45, 2.75) is 4.90 Å². The molecular weight excluding hydrogens is 363 g/mol. The Hall–Kier alpha value is -1.28. The van der Waals surface area contributed by atoms with Crippen LogP contribution in [0.5, 0.6) is 0 Å². The van der Waals surface area contributed by atoms with Crippen molar-refractivity contribution >= 4 is 44.0 Å². The van der Waals surface area contributed by atoms with Gasteiger partial charge in [0.15, 0.2) is 0 Å². The zero-order chi connectivity index (χ0) is 13.2. The number of benzene rings is 2. The molecule has 0 radical (unpaired) electrons. The Kier molecular flexibility index (Phi) is 3.76. The molecule has 0 bridgehead atoms. The van der Waals surface area contributed by atoms with E-state index in [2.05, 4.69) is 27.3 Å². The van der Waals surface area contributed by atoms with Crippen LogP contribution in [0.1, 0.15) is 0 Å². The van der Waals surface area contributed by atoms with Gasteiger partial charge in [-0.05, 0) is 46.9 Å². The molecule has 0 unspecified atom stereocenters. The molecule has 6 heteroatoms. The number of nitrogen functional groups attached to an aromatic ring is 1. The summed E-state index contributed by atoms with van der Waals surface area (Å²) in [5.41, 5.74) is 6.44. The van der Waals surface area contributed by atoms with E-state index in [4.69, 9.17) is 5.73 Å². The minimum absolute atomic E-state index is 0.134. The lowest BCUT2D eigenvalue weighted by Crippen LogP contribution is -1.98. The molecule has 0 aliphatic carbocycles. The van der Waals surface area contributed by atoms with Gasteiger partial charge in [0.25, 0.3) is 0 Å². The van der Waals surface area contributed by atoms with E-state index in [1.807, 2.05) is 0 Å². The first kappa shape index (κ1) is 13.2. The summed E-state index contributed by atoms with van der Waals surface area (Å²) in [6.45, 7) is 0. The molecule has 94 valence electrons. The monoisotopic (exact) mass is 373 g/mol. The molecule has 0 heterocycles. The molecule has 0 amide bonds. The summed E-state index contributed by atoms with van der Waals surface area (Å²) in [6.07, 6.45) is 0. The predicted molar refractivity (Wildman–Crippen MR) is 80.2 cm³/mol. The Bertz CT molecular complexity index is 637. The number of hydrogen-bond acceptors (Lipinski definition) is 3. The molecule has 0 atom stereocenters. The maximum Gasteiger partial charge on any atom is 0.123 e. The van der Waals surface area contributed by atoms with Crippen LogP contribution in [0.2, 0.25) is 0 Å². The zero-order valence-corrected chi connectivity index (χ0v) is 12.2. The Morgan fingerprint density at radius 2 is 1.50 bits per heavy atom. The molecule has 4 nitrogen and oxygen atoms in total. The number of nitrogens with zero attached hydrogens (tertiary/aromatic N) is 1. The molecule has 0 saturated heterocycles. The minimum atomic E-state index is -3.68. The average molecular weight is 373 g/mol. The molecule has 2 N–H and O–H groups in total. The Morgan fingerprint density at radius 1 is 0.944 bits per heavy atom. The Labute approximate surface area is 119 Å². The Balaban J connectivity index is 2.27. The first-order valence-electron chi connectivity index (χ1n) is 5.06. The summed E-state index contributed by atoms with van der Waals surface area (Å²) in [6, 6.07) is 12.9. The summed E-state index contributed by atoms with van der Waals surface area (Å²) in [7, 11) is -3.68. The molecule has 0 fully saturated rings. The standard InChI is InChI=1S/C12H10IN2O2S/c13-9-1-5-11(6-2-9)15-18(16,17)12-7-3-10(14)4-8-12/h1-8H,14H2/q-1. The topological polar surface area (TPSA) is 74.3 Å². The first-order chi connectivity index (χ1) is 8.47. The predicted octanol–water partition coefficient (Wildman–Crippen LogP) is 3.27. The van der Waals surface area contributed by atoms with Crippen molar-refractivity contribution in [1.29, 1.82) is 0 Å². The summed E-state index contributed by atoms with van der Waals surface area (Å²) in [5, 5.41) is 0. The number of anilines is 1. The third-order valence-electron chi connectivity index (χ3n) is 2.23. The van der Waals surface area contributed by atoms with Crippen LogP contribution in [0.15, 0.2) is 53.4 Å². The van der Waals surface area contributed by atoms with E-state index >= 15 is 0 Å². The van der Waals surface area contributed by atoms with Crippen LogP contribution in [0, 0.1) is 3.57 Å². The van der Waals surface area contributed by atoms with Crippen LogP contribution in [0.25, 0.3) is 4.72 Å². The lowest BCUT2D eigenvalue weighted by atomic mass is 10.3. The number of sulfonamides is 1. The highest BCUT2D eigenvalue weighted by Gasteiger charge is 2.03. The smallest absolute Gasteiger partial charge is 0.123 e. The van der Waals surface area contributed by atoms with Gasteiger partial charge in [0.2, 0.25) is 0 Å². The van der Waals surface area contributed by atoms with Crippen molar-refractivity contribution in [3.8, 4) is 0 Å². The fraction of sp³-hybridized carbons (Fsp3) is 0. The van der Waals surface area contributed by atoms with Crippen LogP contribution in [0.3, 0.4) is 0 Å². The van der Waals surface area contributed by atoms with Gasteiger partial charge < -0.3 is 10.5 Å². The molecule has 0 aromatic heterocycles. The SMILES string of the molecule is Nc1ccc(S(=O)(=O)[N-]c2ccc(I)cc2)cc1. The van der Waals surface area contributed by atoms with Crippen LogP contribution in [0.4, 0.5) is 11.4 Å². The lowest BCUT2D eigenvalue weighted by Gasteiger charge is -2.21. The second-order valence-corrected chi connectivity index (χ2v) is 6.46. The summed E-state index contributed by atoms with van der Waals surface area (Å²) < 4.78 is 28.8. The van der Waals surface area contributed by atoms with Crippen LogP contribution >= 0.6 is 22.6 Å². The van der Waals surface area contributed by atoms with Crippen LogP contribution < -0.4 is 5.73 Å². The van der Waals surface area contributed by atoms with E-state index in [1.54, 1.807) is 24.3 Å². The lowest BCUT2D eigenvalue weighted by molar-refractivity contribution is 0.603. The van der Waals surface area contributed by atoms with E-state index in [-0.39, 0.29) is 4.90 Å². The maximum absolute atomic E-state index is 12.0. The quantitative estimate of drug-likeness (QED) is 0.663. The van der Waals surface area contributed by atoms with Crippen LogP contribution in [-0.2, 0) is 10.0 Å². The molecule has 2 aromatic rings. The average Bonchev–Trinajstić information content (AvgIpc) is 2.32. The van der Waals surface area contributed by atoms with Gasteiger partial charge in [-0.25, -0.2) is 8.42 Å². The van der Waals surface area contributed by atoms with Gasteiger partial charge in [-0.1, -0.05) is 24.3 Å². The molecule has 18 heavy (non-hydrogen) atoms. The third kappa shape index (κ3) is 3.14. The van der Waals surface area contributed by atoms with Crippen molar-refractivity contribution < 1.29 is 8.42 Å². The minimum Gasteiger partial charge on any atom is -0.573 e. The fourth-order valence-electron chi connectivity index (χ4n) is 1.33. The second-order valence-electron chi connectivity index (χ2n) is 3.61. The van der Waals surface area contributed by atoms with E-state index in [9.17, 15) is 8.42 Å². The van der Waals surface area contributed by atoms with Gasteiger partial charge in [0.1, 0.15) is 10.0 Å². The molecule has 0 saturated carbocycles. The van der Waals surface area contributed by atoms with Crippen molar-refractivity contribution in [3.05, 3.63) is 56.8 Å². The summed E-state index contributed by atoms with van der Waals surface area (Å²) in [4.78, 5) is 0.134. The number of hydrogen-bond donors (Lipinski definition) is 1. The van der Waals surface area contributed by atoms with Gasteiger partial charge in [0.05, 0.1) is 4.90 Å². The van der Waals surface area contributed by atoms with Crippen molar-refractivity contribution in [1.82, 2.24) is 0 Å². The summed E-state index contributed by atoms with van der Waals surface area (Å²) >= 11 is 2.14. The molecule has 0 spiro atoms. The fourth-order valence-corrected chi connectivity index (χ4v) is 2.68. The third-order valence-corrected chi connectivity index (χ3v) is 4.27. The van der Waals surface area contributed by atoms with Gasteiger partial charge in [-0.15, -0.1) is 5.69 Å². The molecule has 0 aliphatic rings. The number of nitrogens with two attached hydrogens (primary N) is 1. The molecule has 2 aromatic carbocycles. The first-order valence-corrected chi connectivity index (χ1v) is 7.58. The molecule has 2 rings (SSSR count). The Morgan fingerprint density at radius 3 is 2.06 bits per heavy atom. The molecule has 0 aliphatic heterocycles. The number of halogens is 1. The summed E-state index contributed by atoms with van der Waals surface area (Å²) in [5.74, 6) is 0. The highest BCUT2D eigenvalue weighted by atomic mass is 127. The van der Waals surface area contributed by atoms with Crippen LogP contribution in [-0.4, -0.2) is 8.42 Å². The highest BCUT2D eigenvalue weighted by molar-refractivity contribution is 14.1. The number of rotatable bonds is 3. The molecular formula is C12H10IN2O2S-. The van der Waals surface area contributed by atoms with Crippen molar-refractivity contribution in [3.63, 3.8) is 0 Å². The largest absolute Gasteiger partial charge is 0.573 e. The van der Waals surface area contributed by atoms with Gasteiger partial charge in [-0.3, -0.25) is 0 Å². The van der Waals surface area contributed by atoms with Gasteiger partial charge in [0, 0.05) is 9.26 Å².